The van der Waals surface area contributed by atoms with Crippen molar-refractivity contribution in [3.8, 4) is 0 Å². The van der Waals surface area contributed by atoms with Crippen LogP contribution >= 0.6 is 34.4 Å². The highest BCUT2D eigenvalue weighted by atomic mass is 32.2. The lowest BCUT2D eigenvalue weighted by Gasteiger charge is -2.16. The first-order valence-corrected chi connectivity index (χ1v) is 10.5. The molecule has 136 valence electrons. The Morgan fingerprint density at radius 2 is 2.19 bits per heavy atom. The summed E-state index contributed by atoms with van der Waals surface area (Å²) in [5.41, 5.74) is 1.82. The molecule has 2 heterocycles. The predicted octanol–water partition coefficient (Wildman–Crippen LogP) is 4.54. The van der Waals surface area contributed by atoms with Crippen LogP contribution in [-0.4, -0.2) is 33.8 Å². The highest BCUT2D eigenvalue weighted by Crippen LogP contribution is 2.28. The summed E-state index contributed by atoms with van der Waals surface area (Å²) in [6.45, 7) is 2.67. The van der Waals surface area contributed by atoms with Gasteiger partial charge in [0.15, 0.2) is 4.34 Å². The van der Waals surface area contributed by atoms with E-state index in [-0.39, 0.29) is 11.7 Å². The Morgan fingerprint density at radius 3 is 2.92 bits per heavy atom. The van der Waals surface area contributed by atoms with Crippen LogP contribution in [0.1, 0.15) is 10.4 Å². The van der Waals surface area contributed by atoms with Crippen LogP contribution in [0.5, 0.6) is 0 Å². The molecule has 0 bridgehead atoms. The smallest absolute Gasteiger partial charge is 0.233 e. The van der Waals surface area contributed by atoms with Gasteiger partial charge < -0.3 is 10.2 Å². The van der Waals surface area contributed by atoms with Gasteiger partial charge in [-0.2, -0.15) is 0 Å². The normalized spacial score (nSPS) is 10.7. The van der Waals surface area contributed by atoms with E-state index in [4.69, 9.17) is 0 Å². The molecule has 0 aliphatic carbocycles. The Morgan fingerprint density at radius 1 is 1.35 bits per heavy atom. The van der Waals surface area contributed by atoms with Gasteiger partial charge >= 0.3 is 0 Å². The fourth-order valence-corrected chi connectivity index (χ4v) is 4.78. The van der Waals surface area contributed by atoms with Gasteiger partial charge in [0.2, 0.25) is 11.0 Å². The summed E-state index contributed by atoms with van der Waals surface area (Å²) >= 11 is 4.34. The van der Waals surface area contributed by atoms with Crippen LogP contribution in [0.4, 0.5) is 15.2 Å². The fraction of sp³-hybridized carbons (Fsp3) is 0.235. The molecule has 0 fully saturated rings. The van der Waals surface area contributed by atoms with E-state index in [0.29, 0.717) is 27.5 Å². The van der Waals surface area contributed by atoms with Gasteiger partial charge in [0, 0.05) is 17.6 Å². The van der Waals surface area contributed by atoms with E-state index in [9.17, 15) is 9.18 Å². The lowest BCUT2D eigenvalue weighted by molar-refractivity contribution is -0.127. The molecule has 5 nitrogen and oxygen atoms in total. The summed E-state index contributed by atoms with van der Waals surface area (Å²) in [5.74, 6) is 0.0246. The molecule has 3 rings (SSSR count). The molecule has 9 heteroatoms. The molecule has 0 aliphatic rings. The minimum Gasteiger partial charge on any atom is -0.340 e. The zero-order chi connectivity index (χ0) is 18.5. The Bertz CT molecular complexity index is 896. The second kappa shape index (κ2) is 8.61. The highest BCUT2D eigenvalue weighted by Gasteiger charge is 2.14. The summed E-state index contributed by atoms with van der Waals surface area (Å²) in [6, 6.07) is 8.20. The molecule has 0 unspecified atom stereocenters. The van der Waals surface area contributed by atoms with Crippen molar-refractivity contribution in [2.75, 3.05) is 18.1 Å². The molecule has 0 atom stereocenters. The van der Waals surface area contributed by atoms with Crippen molar-refractivity contribution >= 4 is 51.2 Å². The highest BCUT2D eigenvalue weighted by molar-refractivity contribution is 8.01. The SMILES string of the molecule is Cc1ccsc1CN(C)C(=O)CSc1nnc(Nc2cccc(F)c2)s1. The topological polar surface area (TPSA) is 58.1 Å². The van der Waals surface area contributed by atoms with Gasteiger partial charge in [0.05, 0.1) is 12.3 Å². The lowest BCUT2D eigenvalue weighted by Crippen LogP contribution is -2.27. The van der Waals surface area contributed by atoms with Crippen LogP contribution in [0, 0.1) is 12.7 Å². The quantitative estimate of drug-likeness (QED) is 0.582. The van der Waals surface area contributed by atoms with Crippen molar-refractivity contribution in [1.82, 2.24) is 15.1 Å². The number of carbonyl (C=O) groups excluding carboxylic acids is 1. The number of nitrogens with one attached hydrogen (secondary N) is 1. The van der Waals surface area contributed by atoms with E-state index >= 15 is 0 Å². The van der Waals surface area contributed by atoms with Crippen molar-refractivity contribution in [2.45, 2.75) is 17.8 Å². The molecule has 1 N–H and O–H groups in total. The number of carbonyl (C=O) groups is 1. The first-order valence-electron chi connectivity index (χ1n) is 7.77. The van der Waals surface area contributed by atoms with Crippen LogP contribution in [0.3, 0.4) is 0 Å². The molecular weight excluding hydrogens is 391 g/mol. The summed E-state index contributed by atoms with van der Waals surface area (Å²) in [5, 5.41) is 13.7. The monoisotopic (exact) mass is 408 g/mol. The van der Waals surface area contributed by atoms with Gasteiger partial charge in [-0.3, -0.25) is 4.79 Å². The molecule has 1 aromatic carbocycles. The van der Waals surface area contributed by atoms with Crippen molar-refractivity contribution < 1.29 is 9.18 Å². The molecule has 0 saturated carbocycles. The Hall–Kier alpha value is -1.97. The summed E-state index contributed by atoms with van der Waals surface area (Å²) in [4.78, 5) is 15.2. The van der Waals surface area contributed by atoms with Crippen molar-refractivity contribution in [1.29, 1.82) is 0 Å². The number of hydrogen-bond acceptors (Lipinski definition) is 7. The summed E-state index contributed by atoms with van der Waals surface area (Å²) < 4.78 is 13.9. The first-order chi connectivity index (χ1) is 12.5. The molecule has 0 saturated heterocycles. The summed E-state index contributed by atoms with van der Waals surface area (Å²) in [6.07, 6.45) is 0. The lowest BCUT2D eigenvalue weighted by atomic mass is 10.3. The van der Waals surface area contributed by atoms with Crippen LogP contribution in [0.25, 0.3) is 0 Å². The number of halogens is 1. The molecular formula is C17H17FN4OS3. The number of benzene rings is 1. The Kier molecular flexibility index (Phi) is 6.23. The molecule has 0 radical (unpaired) electrons. The number of thioether (sulfide) groups is 1. The minimum atomic E-state index is -0.316. The molecule has 3 aromatic rings. The minimum absolute atomic E-state index is 0.0395. The Labute approximate surface area is 163 Å². The number of amides is 1. The van der Waals surface area contributed by atoms with Crippen molar-refractivity contribution in [2.24, 2.45) is 0 Å². The second-order valence-corrected chi connectivity index (χ2v) is 8.77. The molecule has 1 amide bonds. The van der Waals surface area contributed by atoms with E-state index in [1.807, 2.05) is 12.3 Å². The number of nitrogens with zero attached hydrogens (tertiary/aromatic N) is 3. The third-order valence-corrected chi connectivity index (χ3v) is 6.54. The second-order valence-electron chi connectivity index (χ2n) is 5.57. The third-order valence-electron chi connectivity index (χ3n) is 3.58. The maximum absolute atomic E-state index is 13.2. The van der Waals surface area contributed by atoms with Gasteiger partial charge in [0.1, 0.15) is 5.82 Å². The van der Waals surface area contributed by atoms with Gasteiger partial charge in [-0.1, -0.05) is 29.2 Å². The van der Waals surface area contributed by atoms with Crippen LogP contribution < -0.4 is 5.32 Å². The van der Waals surface area contributed by atoms with Crippen LogP contribution in [0.2, 0.25) is 0 Å². The van der Waals surface area contributed by atoms with E-state index < -0.39 is 0 Å². The first kappa shape index (κ1) is 18.8. The molecule has 0 aliphatic heterocycles. The van der Waals surface area contributed by atoms with E-state index in [1.165, 1.54) is 45.7 Å². The van der Waals surface area contributed by atoms with Gasteiger partial charge in [-0.05, 0) is 42.1 Å². The van der Waals surface area contributed by atoms with Gasteiger partial charge in [-0.25, -0.2) is 4.39 Å². The van der Waals surface area contributed by atoms with Crippen molar-refractivity contribution in [3.63, 3.8) is 0 Å². The number of rotatable bonds is 7. The van der Waals surface area contributed by atoms with E-state index in [2.05, 4.69) is 21.6 Å². The molecule has 0 spiro atoms. The average molecular weight is 409 g/mol. The third kappa shape index (κ3) is 5.03. The summed E-state index contributed by atoms with van der Waals surface area (Å²) in [7, 11) is 1.80. The number of hydrogen-bond donors (Lipinski definition) is 1. The maximum atomic E-state index is 13.2. The number of aromatic nitrogens is 2. The van der Waals surface area contributed by atoms with Gasteiger partial charge in [0.25, 0.3) is 0 Å². The number of thiophene rings is 1. The predicted molar refractivity (Wildman–Crippen MR) is 106 cm³/mol. The fourth-order valence-electron chi connectivity index (χ4n) is 2.11. The van der Waals surface area contributed by atoms with Crippen LogP contribution in [0.15, 0.2) is 40.1 Å². The number of aryl methyl sites for hydroxylation is 1. The zero-order valence-corrected chi connectivity index (χ0v) is 16.7. The van der Waals surface area contributed by atoms with E-state index in [0.717, 1.165) is 0 Å². The Balaban J connectivity index is 1.51. The van der Waals surface area contributed by atoms with Gasteiger partial charge in [-0.15, -0.1) is 21.5 Å². The number of anilines is 2. The standard InChI is InChI=1S/C17H17FN4OS3/c1-11-6-7-24-14(11)9-22(2)15(23)10-25-17-21-20-16(26-17)19-13-5-3-4-12(18)8-13/h3-8H,9-10H2,1-2H3,(H,19,20). The van der Waals surface area contributed by atoms with E-state index in [1.54, 1.807) is 35.4 Å². The van der Waals surface area contributed by atoms with Crippen molar-refractivity contribution in [3.05, 3.63) is 52.0 Å². The van der Waals surface area contributed by atoms with Crippen LogP contribution in [-0.2, 0) is 11.3 Å². The largest absolute Gasteiger partial charge is 0.340 e. The average Bonchev–Trinajstić information content (AvgIpc) is 3.22. The maximum Gasteiger partial charge on any atom is 0.233 e. The molecule has 26 heavy (non-hydrogen) atoms. The molecule has 2 aromatic heterocycles. The zero-order valence-electron chi connectivity index (χ0n) is 14.2.